The number of nitrogens with one attached hydrogen (secondary N) is 1. The van der Waals surface area contributed by atoms with E-state index in [1.54, 1.807) is 0 Å². The molecule has 0 saturated heterocycles. The van der Waals surface area contributed by atoms with E-state index in [0.29, 0.717) is 0 Å². The number of rotatable bonds is 3. The maximum atomic E-state index is 12.8. The summed E-state index contributed by atoms with van der Waals surface area (Å²) in [5.41, 5.74) is 4.86. The highest BCUT2D eigenvalue weighted by molar-refractivity contribution is 6.07. The van der Waals surface area contributed by atoms with Crippen molar-refractivity contribution < 1.29 is 4.79 Å². The van der Waals surface area contributed by atoms with Crippen LogP contribution in [0.1, 0.15) is 52.9 Å². The molecule has 3 aromatic carbocycles. The Morgan fingerprint density at radius 3 is 2.56 bits per heavy atom. The number of aryl methyl sites for hydroxylation is 2. The van der Waals surface area contributed by atoms with Crippen LogP contribution in [0.3, 0.4) is 0 Å². The zero-order valence-electron chi connectivity index (χ0n) is 14.6. The lowest BCUT2D eigenvalue weighted by molar-refractivity contribution is 0.0941. The maximum absolute atomic E-state index is 12.8. The summed E-state index contributed by atoms with van der Waals surface area (Å²) >= 11 is 0. The molecule has 0 heterocycles. The Morgan fingerprint density at radius 2 is 1.68 bits per heavy atom. The summed E-state index contributed by atoms with van der Waals surface area (Å²) in [7, 11) is 0. The van der Waals surface area contributed by atoms with Crippen molar-refractivity contribution in [2.75, 3.05) is 0 Å². The second-order valence-electron chi connectivity index (χ2n) is 6.96. The summed E-state index contributed by atoms with van der Waals surface area (Å²) in [5, 5.41) is 5.27. The Morgan fingerprint density at radius 1 is 0.920 bits per heavy atom. The van der Waals surface area contributed by atoms with Crippen molar-refractivity contribution in [1.82, 2.24) is 5.32 Å². The molecule has 126 valence electrons. The van der Waals surface area contributed by atoms with E-state index in [1.165, 1.54) is 36.0 Å². The van der Waals surface area contributed by atoms with Crippen LogP contribution in [-0.4, -0.2) is 5.91 Å². The molecule has 0 saturated carbocycles. The summed E-state index contributed by atoms with van der Waals surface area (Å²) in [6.07, 6.45) is 4.91. The van der Waals surface area contributed by atoms with Gasteiger partial charge >= 0.3 is 0 Å². The van der Waals surface area contributed by atoms with E-state index in [9.17, 15) is 4.79 Å². The number of hydrogen-bond acceptors (Lipinski definition) is 1. The molecular weight excluding hydrogens is 306 g/mol. The van der Waals surface area contributed by atoms with Crippen LogP contribution in [-0.2, 0) is 12.8 Å². The van der Waals surface area contributed by atoms with Crippen molar-refractivity contribution in [3.63, 3.8) is 0 Å². The second kappa shape index (κ2) is 6.72. The van der Waals surface area contributed by atoms with E-state index in [2.05, 4.69) is 30.4 Å². The van der Waals surface area contributed by atoms with Gasteiger partial charge in [-0.15, -0.1) is 0 Å². The first-order chi connectivity index (χ1) is 12.2. The first-order valence-electron chi connectivity index (χ1n) is 9.13. The van der Waals surface area contributed by atoms with Gasteiger partial charge in [0.05, 0.1) is 6.04 Å². The number of fused-ring (bicyclic) bond motifs is 2. The van der Waals surface area contributed by atoms with Crippen LogP contribution in [0.15, 0.2) is 60.7 Å². The highest BCUT2D eigenvalue weighted by Crippen LogP contribution is 2.25. The molecule has 0 unspecified atom stereocenters. The fourth-order valence-electron chi connectivity index (χ4n) is 3.80. The van der Waals surface area contributed by atoms with Crippen molar-refractivity contribution in [3.05, 3.63) is 82.9 Å². The SMILES string of the molecule is C[C@@H](NC(=O)c1cccc2ccccc12)c1ccc2c(c1)CCCC2. The predicted molar refractivity (Wildman–Crippen MR) is 103 cm³/mol. The second-order valence-corrected chi connectivity index (χ2v) is 6.96. The topological polar surface area (TPSA) is 29.1 Å². The highest BCUT2D eigenvalue weighted by Gasteiger charge is 2.16. The molecule has 0 spiro atoms. The quantitative estimate of drug-likeness (QED) is 0.702. The molecule has 1 aliphatic rings. The lowest BCUT2D eigenvalue weighted by Gasteiger charge is -2.20. The van der Waals surface area contributed by atoms with Crippen molar-refractivity contribution in [2.45, 2.75) is 38.6 Å². The minimum atomic E-state index is -0.0120. The third-order valence-corrected chi connectivity index (χ3v) is 5.25. The van der Waals surface area contributed by atoms with Crippen molar-refractivity contribution in [1.29, 1.82) is 0 Å². The van der Waals surface area contributed by atoms with Crippen LogP contribution in [0, 0.1) is 0 Å². The number of hydrogen-bond donors (Lipinski definition) is 1. The molecule has 0 fully saturated rings. The van der Waals surface area contributed by atoms with Crippen LogP contribution in [0.5, 0.6) is 0 Å². The molecule has 1 N–H and O–H groups in total. The Labute approximate surface area is 148 Å². The minimum absolute atomic E-state index is 0.00121. The fraction of sp³-hybridized carbons (Fsp3) is 0.261. The third-order valence-electron chi connectivity index (χ3n) is 5.25. The van der Waals surface area contributed by atoms with Crippen molar-refractivity contribution >= 4 is 16.7 Å². The number of amides is 1. The van der Waals surface area contributed by atoms with Gasteiger partial charge in [0, 0.05) is 5.56 Å². The van der Waals surface area contributed by atoms with Gasteiger partial charge in [0.15, 0.2) is 0 Å². The van der Waals surface area contributed by atoms with E-state index in [-0.39, 0.29) is 11.9 Å². The standard InChI is InChI=1S/C23H23NO/c1-16(19-14-13-17-7-2-3-9-20(17)15-19)24-23(25)22-12-6-10-18-8-4-5-11-21(18)22/h4-6,8,10-16H,2-3,7,9H2,1H3,(H,24,25)/t16-/m1/s1. The summed E-state index contributed by atoms with van der Waals surface area (Å²) in [4.78, 5) is 12.8. The largest absolute Gasteiger partial charge is 0.345 e. The lowest BCUT2D eigenvalue weighted by Crippen LogP contribution is -2.27. The molecule has 2 heteroatoms. The van der Waals surface area contributed by atoms with Crippen molar-refractivity contribution in [2.24, 2.45) is 0 Å². The van der Waals surface area contributed by atoms with Gasteiger partial charge in [0.25, 0.3) is 5.91 Å². The number of benzene rings is 3. The summed E-state index contributed by atoms with van der Waals surface area (Å²) in [6, 6.07) is 20.6. The summed E-state index contributed by atoms with van der Waals surface area (Å²) in [5.74, 6) is -0.0120. The van der Waals surface area contributed by atoms with Crippen LogP contribution in [0.4, 0.5) is 0 Å². The van der Waals surface area contributed by atoms with Gasteiger partial charge in [0.1, 0.15) is 0 Å². The molecule has 2 nitrogen and oxygen atoms in total. The number of carbonyl (C=O) groups excluding carboxylic acids is 1. The van der Waals surface area contributed by atoms with Gasteiger partial charge in [-0.2, -0.15) is 0 Å². The van der Waals surface area contributed by atoms with Crippen LogP contribution >= 0.6 is 0 Å². The van der Waals surface area contributed by atoms with Gasteiger partial charge in [-0.05, 0) is 66.1 Å². The molecule has 4 rings (SSSR count). The zero-order valence-corrected chi connectivity index (χ0v) is 14.6. The molecule has 1 amide bonds. The number of carbonyl (C=O) groups is 1. The molecule has 0 radical (unpaired) electrons. The Balaban J connectivity index is 1.58. The normalized spacial score (nSPS) is 14.8. The maximum Gasteiger partial charge on any atom is 0.252 e. The predicted octanol–water partition coefficient (Wildman–Crippen LogP) is 5.21. The zero-order chi connectivity index (χ0) is 17.2. The molecule has 0 aromatic heterocycles. The van der Waals surface area contributed by atoms with Crippen molar-refractivity contribution in [3.8, 4) is 0 Å². The monoisotopic (exact) mass is 329 g/mol. The van der Waals surface area contributed by atoms with Crippen LogP contribution in [0.2, 0.25) is 0 Å². The summed E-state index contributed by atoms with van der Waals surface area (Å²) in [6.45, 7) is 2.06. The molecule has 0 aliphatic heterocycles. The van der Waals surface area contributed by atoms with Crippen LogP contribution in [0.25, 0.3) is 10.8 Å². The average Bonchev–Trinajstić information content (AvgIpc) is 2.67. The molecule has 3 aromatic rings. The van der Waals surface area contributed by atoms with Gasteiger partial charge in [-0.3, -0.25) is 4.79 Å². The first-order valence-corrected chi connectivity index (χ1v) is 9.13. The van der Waals surface area contributed by atoms with Gasteiger partial charge < -0.3 is 5.32 Å². The van der Waals surface area contributed by atoms with E-state index in [4.69, 9.17) is 0 Å². The molecule has 25 heavy (non-hydrogen) atoms. The Bertz CT molecular complexity index is 923. The lowest BCUT2D eigenvalue weighted by atomic mass is 9.89. The highest BCUT2D eigenvalue weighted by atomic mass is 16.1. The average molecular weight is 329 g/mol. The Hall–Kier alpha value is -2.61. The smallest absolute Gasteiger partial charge is 0.252 e. The van der Waals surface area contributed by atoms with Gasteiger partial charge in [-0.1, -0.05) is 54.6 Å². The van der Waals surface area contributed by atoms with Gasteiger partial charge in [0.2, 0.25) is 0 Å². The van der Waals surface area contributed by atoms with E-state index in [1.807, 2.05) is 42.5 Å². The van der Waals surface area contributed by atoms with E-state index >= 15 is 0 Å². The third kappa shape index (κ3) is 3.17. The Kier molecular flexibility index (Phi) is 4.27. The molecular formula is C23H23NO. The summed E-state index contributed by atoms with van der Waals surface area (Å²) < 4.78 is 0. The van der Waals surface area contributed by atoms with E-state index < -0.39 is 0 Å². The van der Waals surface area contributed by atoms with Crippen LogP contribution < -0.4 is 5.32 Å². The van der Waals surface area contributed by atoms with Gasteiger partial charge in [-0.25, -0.2) is 0 Å². The van der Waals surface area contributed by atoms with E-state index in [0.717, 1.165) is 22.8 Å². The first kappa shape index (κ1) is 15.9. The fourth-order valence-corrected chi connectivity index (χ4v) is 3.80. The molecule has 1 aliphatic carbocycles. The molecule has 1 atom stereocenters. The minimum Gasteiger partial charge on any atom is -0.345 e. The molecule has 0 bridgehead atoms.